The van der Waals surface area contributed by atoms with E-state index in [0.29, 0.717) is 35.2 Å². The smallest absolute Gasteiger partial charge is 0.268 e. The standard InChI is InChI=1S/C27H30N4O5S/c1-27(2,3)16-9-11-18(12-10-16)37(34,35)31-17-14-19-23(22-8-5-13-36-22)24(30-25(19)28-15-17)26(33)29-20-6-4-7-21(20)32/h5,8-15,20-21,31-32H,4,6-7H2,1-3H3,(H,28,30)(H,29,33)/t20-,21+/m0/s1. The molecule has 10 heteroatoms. The molecule has 9 nitrogen and oxygen atoms in total. The minimum Gasteiger partial charge on any atom is -0.464 e. The number of carbonyl (C=O) groups excluding carboxylic acids is 1. The molecule has 0 spiro atoms. The van der Waals surface area contributed by atoms with Crippen molar-refractivity contribution in [2.24, 2.45) is 0 Å². The van der Waals surface area contributed by atoms with E-state index in [1.807, 2.05) is 12.1 Å². The second-order valence-electron chi connectivity index (χ2n) is 10.4. The molecule has 1 fully saturated rings. The average molecular weight is 523 g/mol. The van der Waals surface area contributed by atoms with Gasteiger partial charge in [0.15, 0.2) is 0 Å². The molecule has 194 valence electrons. The number of fused-ring (bicyclic) bond motifs is 1. The molecule has 3 aromatic heterocycles. The Labute approximate surface area is 215 Å². The molecule has 0 radical (unpaired) electrons. The van der Waals surface area contributed by atoms with Gasteiger partial charge in [-0.15, -0.1) is 0 Å². The molecule has 0 unspecified atom stereocenters. The summed E-state index contributed by atoms with van der Waals surface area (Å²) >= 11 is 0. The lowest BCUT2D eigenvalue weighted by Gasteiger charge is -2.19. The first-order valence-corrected chi connectivity index (χ1v) is 13.7. The van der Waals surface area contributed by atoms with E-state index >= 15 is 0 Å². The van der Waals surface area contributed by atoms with Gasteiger partial charge in [0.05, 0.1) is 40.8 Å². The molecular weight excluding hydrogens is 492 g/mol. The number of furan rings is 1. The number of amides is 1. The van der Waals surface area contributed by atoms with Crippen LogP contribution in [0.2, 0.25) is 0 Å². The maximum Gasteiger partial charge on any atom is 0.268 e. The summed E-state index contributed by atoms with van der Waals surface area (Å²) in [5.74, 6) is 0.0411. The predicted octanol–water partition coefficient (Wildman–Crippen LogP) is 4.56. The summed E-state index contributed by atoms with van der Waals surface area (Å²) in [7, 11) is -3.87. The Bertz CT molecular complexity index is 1530. The minimum absolute atomic E-state index is 0.0962. The summed E-state index contributed by atoms with van der Waals surface area (Å²) in [4.78, 5) is 20.7. The molecule has 0 aliphatic heterocycles. The van der Waals surface area contributed by atoms with Gasteiger partial charge in [-0.2, -0.15) is 0 Å². The number of pyridine rings is 1. The van der Waals surface area contributed by atoms with E-state index in [0.717, 1.165) is 12.0 Å². The molecule has 1 amide bonds. The fourth-order valence-electron chi connectivity index (χ4n) is 4.67. The van der Waals surface area contributed by atoms with Gasteiger partial charge in [-0.25, -0.2) is 13.4 Å². The Morgan fingerprint density at radius 1 is 1.16 bits per heavy atom. The SMILES string of the molecule is CC(C)(C)c1ccc(S(=O)(=O)Nc2cnc3[nH]c(C(=O)N[C@H]4CCC[C@H]4O)c(-c4ccco4)c3c2)cc1. The third-order valence-corrected chi connectivity index (χ3v) is 8.12. The summed E-state index contributed by atoms with van der Waals surface area (Å²) in [5, 5.41) is 13.6. The van der Waals surface area contributed by atoms with Crippen molar-refractivity contribution in [3.8, 4) is 11.3 Å². The number of nitrogens with one attached hydrogen (secondary N) is 3. The summed E-state index contributed by atoms with van der Waals surface area (Å²) in [6, 6.07) is 11.5. The zero-order valence-electron chi connectivity index (χ0n) is 20.9. The lowest BCUT2D eigenvalue weighted by molar-refractivity contribution is 0.0869. The molecule has 4 aromatic rings. The third kappa shape index (κ3) is 4.99. The van der Waals surface area contributed by atoms with Gasteiger partial charge < -0.3 is 19.8 Å². The summed E-state index contributed by atoms with van der Waals surface area (Å²) in [6.07, 6.45) is 4.49. The van der Waals surface area contributed by atoms with Gasteiger partial charge in [0, 0.05) is 5.39 Å². The van der Waals surface area contributed by atoms with E-state index in [9.17, 15) is 18.3 Å². The number of carbonyl (C=O) groups is 1. The number of nitrogens with zero attached hydrogens (tertiary/aromatic N) is 1. The highest BCUT2D eigenvalue weighted by Crippen LogP contribution is 2.34. The molecule has 1 aliphatic carbocycles. The van der Waals surface area contributed by atoms with Crippen LogP contribution >= 0.6 is 0 Å². The van der Waals surface area contributed by atoms with Gasteiger partial charge >= 0.3 is 0 Å². The number of aliphatic hydroxyl groups excluding tert-OH is 1. The highest BCUT2D eigenvalue weighted by Gasteiger charge is 2.30. The lowest BCUT2D eigenvalue weighted by atomic mass is 9.87. The Morgan fingerprint density at radius 3 is 2.54 bits per heavy atom. The first-order chi connectivity index (χ1) is 17.5. The van der Waals surface area contributed by atoms with Gasteiger partial charge in [0.1, 0.15) is 17.1 Å². The molecule has 3 heterocycles. The molecule has 0 saturated heterocycles. The Balaban J connectivity index is 1.49. The number of aromatic nitrogens is 2. The predicted molar refractivity (Wildman–Crippen MR) is 141 cm³/mol. The van der Waals surface area contributed by atoms with E-state index in [2.05, 4.69) is 40.8 Å². The van der Waals surface area contributed by atoms with Crippen molar-refractivity contribution in [1.82, 2.24) is 15.3 Å². The monoisotopic (exact) mass is 522 g/mol. The molecule has 37 heavy (non-hydrogen) atoms. The highest BCUT2D eigenvalue weighted by atomic mass is 32.2. The third-order valence-electron chi connectivity index (χ3n) is 6.72. The topological polar surface area (TPSA) is 137 Å². The van der Waals surface area contributed by atoms with Gasteiger partial charge in [0.25, 0.3) is 15.9 Å². The number of sulfonamides is 1. The van der Waals surface area contributed by atoms with E-state index in [1.165, 1.54) is 12.5 Å². The van der Waals surface area contributed by atoms with Crippen LogP contribution in [0.5, 0.6) is 0 Å². The molecule has 1 saturated carbocycles. The van der Waals surface area contributed by atoms with Crippen LogP contribution in [0, 0.1) is 0 Å². The number of hydrogen-bond acceptors (Lipinski definition) is 6. The van der Waals surface area contributed by atoms with Crippen molar-refractivity contribution in [3.05, 3.63) is 66.2 Å². The Hall–Kier alpha value is -3.63. The zero-order chi connectivity index (χ0) is 26.4. The fraction of sp³-hybridized carbons (Fsp3) is 0.333. The van der Waals surface area contributed by atoms with Crippen LogP contribution < -0.4 is 10.0 Å². The number of benzene rings is 1. The summed E-state index contributed by atoms with van der Waals surface area (Å²) < 4.78 is 34.4. The maximum absolute atomic E-state index is 13.2. The zero-order valence-corrected chi connectivity index (χ0v) is 21.7. The Kier molecular flexibility index (Phi) is 6.33. The number of aromatic amines is 1. The van der Waals surface area contributed by atoms with Crippen LogP contribution in [0.25, 0.3) is 22.4 Å². The van der Waals surface area contributed by atoms with Crippen molar-refractivity contribution in [2.45, 2.75) is 62.5 Å². The number of anilines is 1. The van der Waals surface area contributed by atoms with E-state index in [1.54, 1.807) is 30.3 Å². The maximum atomic E-state index is 13.2. The first-order valence-electron chi connectivity index (χ1n) is 12.2. The number of hydrogen-bond donors (Lipinski definition) is 4. The minimum atomic E-state index is -3.87. The largest absolute Gasteiger partial charge is 0.464 e. The van der Waals surface area contributed by atoms with Crippen molar-refractivity contribution in [3.63, 3.8) is 0 Å². The van der Waals surface area contributed by atoms with Crippen molar-refractivity contribution in [2.75, 3.05) is 4.72 Å². The quantitative estimate of drug-likeness (QED) is 0.293. The van der Waals surface area contributed by atoms with Gasteiger partial charge in [-0.05, 0) is 60.6 Å². The molecule has 4 N–H and O–H groups in total. The number of rotatable bonds is 6. The van der Waals surface area contributed by atoms with Crippen LogP contribution in [0.1, 0.15) is 56.1 Å². The van der Waals surface area contributed by atoms with Crippen LogP contribution in [-0.2, 0) is 15.4 Å². The second kappa shape index (κ2) is 9.35. The van der Waals surface area contributed by atoms with Crippen molar-refractivity contribution in [1.29, 1.82) is 0 Å². The fourth-order valence-corrected chi connectivity index (χ4v) is 5.71. The second-order valence-corrected chi connectivity index (χ2v) is 12.1. The molecule has 2 atom stereocenters. The number of H-pyrrole nitrogens is 1. The molecule has 1 aromatic carbocycles. The van der Waals surface area contributed by atoms with Crippen LogP contribution in [0.15, 0.2) is 64.2 Å². The lowest BCUT2D eigenvalue weighted by Crippen LogP contribution is -2.40. The summed E-state index contributed by atoms with van der Waals surface area (Å²) in [6.45, 7) is 6.19. The van der Waals surface area contributed by atoms with Crippen molar-refractivity contribution < 1.29 is 22.7 Å². The molecule has 0 bridgehead atoms. The van der Waals surface area contributed by atoms with Crippen LogP contribution in [0.3, 0.4) is 0 Å². The van der Waals surface area contributed by atoms with E-state index in [4.69, 9.17) is 4.42 Å². The van der Waals surface area contributed by atoms with Crippen molar-refractivity contribution >= 4 is 32.7 Å². The highest BCUT2D eigenvalue weighted by molar-refractivity contribution is 7.92. The van der Waals surface area contributed by atoms with Gasteiger partial charge in [0.2, 0.25) is 0 Å². The average Bonchev–Trinajstić information content (AvgIpc) is 3.58. The molecule has 5 rings (SSSR count). The van der Waals surface area contributed by atoms with E-state index < -0.39 is 22.0 Å². The normalized spacial score (nSPS) is 18.3. The van der Waals surface area contributed by atoms with Gasteiger partial charge in [-0.1, -0.05) is 32.9 Å². The van der Waals surface area contributed by atoms with Crippen LogP contribution in [-0.4, -0.2) is 41.5 Å². The first kappa shape index (κ1) is 25.0. The molecular formula is C27H30N4O5S. The van der Waals surface area contributed by atoms with Gasteiger partial charge in [-0.3, -0.25) is 9.52 Å². The van der Waals surface area contributed by atoms with Crippen LogP contribution in [0.4, 0.5) is 5.69 Å². The Morgan fingerprint density at radius 2 is 1.92 bits per heavy atom. The van der Waals surface area contributed by atoms with E-state index in [-0.39, 0.29) is 27.7 Å². The number of aliphatic hydroxyl groups is 1. The summed E-state index contributed by atoms with van der Waals surface area (Å²) in [5.41, 5.74) is 2.28. The molecule has 1 aliphatic rings.